The van der Waals surface area contributed by atoms with E-state index in [0.29, 0.717) is 18.7 Å². The Labute approximate surface area is 237 Å². The Morgan fingerprint density at radius 1 is 1.08 bits per heavy atom. The van der Waals surface area contributed by atoms with Crippen molar-refractivity contribution in [2.45, 2.75) is 63.3 Å². The zero-order valence-corrected chi connectivity index (χ0v) is 23.8. The molecule has 0 unspecified atom stereocenters. The Morgan fingerprint density at radius 2 is 1.92 bits per heavy atom. The molecular weight excluding hydrogens is 502 g/mol. The second kappa shape index (κ2) is 13.3. The predicted octanol–water partition coefficient (Wildman–Crippen LogP) is 6.79. The molecule has 2 heterocycles. The fourth-order valence-electron chi connectivity index (χ4n) is 5.48. The Hall–Kier alpha value is -3.09. The molecule has 1 saturated heterocycles. The summed E-state index contributed by atoms with van der Waals surface area (Å²) in [5.41, 5.74) is 4.80. The smallest absolute Gasteiger partial charge is 0.265 e. The van der Waals surface area contributed by atoms with Crippen LogP contribution in [-0.2, 0) is 11.3 Å². The van der Waals surface area contributed by atoms with Crippen LogP contribution in [0.5, 0.6) is 0 Å². The van der Waals surface area contributed by atoms with Crippen LogP contribution in [-0.4, -0.2) is 42.9 Å². The average Bonchev–Trinajstić information content (AvgIpc) is 3.22. The van der Waals surface area contributed by atoms with Crippen molar-refractivity contribution in [3.8, 4) is 0 Å². The molecule has 2 aromatic carbocycles. The molecule has 39 heavy (non-hydrogen) atoms. The fourth-order valence-corrected chi connectivity index (χ4v) is 6.53. The van der Waals surface area contributed by atoms with Gasteiger partial charge in [0.15, 0.2) is 0 Å². The van der Waals surface area contributed by atoms with Crippen molar-refractivity contribution in [2.75, 3.05) is 31.1 Å². The van der Waals surface area contributed by atoms with Gasteiger partial charge in [-0.1, -0.05) is 72.7 Å². The predicted molar refractivity (Wildman–Crippen MR) is 161 cm³/mol. The molecule has 3 aliphatic rings. The normalized spacial score (nSPS) is 19.0. The minimum absolute atomic E-state index is 0.0144. The minimum Gasteiger partial charge on any atom is -0.352 e. The van der Waals surface area contributed by atoms with Crippen LogP contribution in [0.4, 0.5) is 5.69 Å². The summed E-state index contributed by atoms with van der Waals surface area (Å²) < 4.78 is 0. The molecule has 2 aromatic rings. The van der Waals surface area contributed by atoms with Gasteiger partial charge in [-0.3, -0.25) is 9.59 Å². The number of nitrogens with one attached hydrogen (secondary N) is 1. The molecule has 5 rings (SSSR count). The second-order valence-electron chi connectivity index (χ2n) is 10.7. The maximum Gasteiger partial charge on any atom is 0.265 e. The Morgan fingerprint density at radius 3 is 2.69 bits per heavy atom. The fraction of sp³-hybridized carbons (Fsp3) is 0.394. The zero-order valence-electron chi connectivity index (χ0n) is 23.0. The van der Waals surface area contributed by atoms with E-state index in [1.165, 1.54) is 56.1 Å². The molecule has 0 atom stereocenters. The molecule has 1 N–H and O–H groups in total. The largest absolute Gasteiger partial charge is 0.352 e. The first-order valence-electron chi connectivity index (χ1n) is 14.3. The number of amides is 2. The quantitative estimate of drug-likeness (QED) is 0.295. The molecule has 2 amide bonds. The van der Waals surface area contributed by atoms with E-state index >= 15 is 0 Å². The lowest BCUT2D eigenvalue weighted by atomic mass is 10.0. The van der Waals surface area contributed by atoms with Gasteiger partial charge in [0.05, 0.1) is 17.1 Å². The summed E-state index contributed by atoms with van der Waals surface area (Å²) in [7, 11) is 0. The molecule has 1 fully saturated rings. The Kier molecular flexibility index (Phi) is 9.38. The number of carbonyl (C=O) groups is 2. The number of likely N-dealkylation sites (tertiary alicyclic amines) is 1. The van der Waals surface area contributed by atoms with E-state index in [9.17, 15) is 9.59 Å². The molecular formula is C33H39N3O2S. The lowest BCUT2D eigenvalue weighted by Crippen LogP contribution is -2.34. The van der Waals surface area contributed by atoms with Gasteiger partial charge < -0.3 is 15.1 Å². The summed E-state index contributed by atoms with van der Waals surface area (Å²) >= 11 is 1.50. The van der Waals surface area contributed by atoms with E-state index in [1.54, 1.807) is 0 Å². The van der Waals surface area contributed by atoms with Crippen molar-refractivity contribution in [2.24, 2.45) is 0 Å². The number of hydrogen-bond donors (Lipinski definition) is 1. The lowest BCUT2D eigenvalue weighted by molar-refractivity contribution is -0.114. The first kappa shape index (κ1) is 27.5. The standard InChI is InChI=1S/C33H39N3O2S/c1-25-11-9-14-27(21-25)24-36-29-23-28(32(37)34-17-10-20-35-18-7-2-3-8-19-35)15-16-30(29)39-31(33(36)38)22-26-12-5-4-6-13-26/h4-5,9,11-12,14-16,21-23H,2-3,6-8,10,13,17-20,24H2,1H3,(H,34,37)/b31-22-. The summed E-state index contributed by atoms with van der Waals surface area (Å²) in [5.74, 6) is -0.0958. The summed E-state index contributed by atoms with van der Waals surface area (Å²) in [6.45, 7) is 6.56. The van der Waals surface area contributed by atoms with Crippen molar-refractivity contribution in [1.82, 2.24) is 10.2 Å². The number of rotatable bonds is 8. The van der Waals surface area contributed by atoms with Crippen LogP contribution in [0.25, 0.3) is 0 Å². The highest BCUT2D eigenvalue weighted by molar-refractivity contribution is 8.04. The number of anilines is 1. The summed E-state index contributed by atoms with van der Waals surface area (Å²) in [5, 5.41) is 3.11. The van der Waals surface area contributed by atoms with E-state index in [2.05, 4.69) is 53.6 Å². The average molecular weight is 542 g/mol. The number of carbonyl (C=O) groups excluding carboxylic acids is 2. The van der Waals surface area contributed by atoms with E-state index in [1.807, 2.05) is 35.2 Å². The molecule has 0 spiro atoms. The number of allylic oxidation sites excluding steroid dienone is 5. The van der Waals surface area contributed by atoms with Gasteiger partial charge in [-0.15, -0.1) is 0 Å². The number of nitrogens with zero attached hydrogens (tertiary/aromatic N) is 2. The maximum absolute atomic E-state index is 13.8. The summed E-state index contributed by atoms with van der Waals surface area (Å²) in [4.78, 5) is 33.0. The molecule has 204 valence electrons. The second-order valence-corrected chi connectivity index (χ2v) is 11.8. The highest BCUT2D eigenvalue weighted by Gasteiger charge is 2.30. The Bertz CT molecular complexity index is 1290. The van der Waals surface area contributed by atoms with Crippen molar-refractivity contribution >= 4 is 29.3 Å². The van der Waals surface area contributed by atoms with Crippen LogP contribution in [0.15, 0.2) is 82.1 Å². The number of benzene rings is 2. The van der Waals surface area contributed by atoms with E-state index in [4.69, 9.17) is 0 Å². The molecule has 0 saturated carbocycles. The Balaban J connectivity index is 1.32. The monoisotopic (exact) mass is 541 g/mol. The van der Waals surface area contributed by atoms with Gasteiger partial charge in [-0.25, -0.2) is 0 Å². The first-order valence-corrected chi connectivity index (χ1v) is 15.2. The van der Waals surface area contributed by atoms with Crippen molar-refractivity contribution in [3.05, 3.63) is 93.9 Å². The molecule has 0 bridgehead atoms. The maximum atomic E-state index is 13.8. The third-order valence-corrected chi connectivity index (χ3v) is 8.69. The SMILES string of the molecule is Cc1cccc(CN2C(=O)/C(=C/C3=CC=CCC3)Sc3ccc(C(=O)NCCCN4CCCCCC4)cc32)c1. The minimum atomic E-state index is -0.0814. The molecule has 5 nitrogen and oxygen atoms in total. The van der Waals surface area contributed by atoms with Crippen LogP contribution in [0.3, 0.4) is 0 Å². The van der Waals surface area contributed by atoms with Crippen LogP contribution >= 0.6 is 11.8 Å². The number of fused-ring (bicyclic) bond motifs is 1. The zero-order chi connectivity index (χ0) is 27.0. The highest BCUT2D eigenvalue weighted by atomic mass is 32.2. The van der Waals surface area contributed by atoms with Gasteiger partial charge in [0.1, 0.15) is 0 Å². The van der Waals surface area contributed by atoms with E-state index in [-0.39, 0.29) is 11.8 Å². The third-order valence-electron chi connectivity index (χ3n) is 7.61. The molecule has 0 aromatic heterocycles. The third kappa shape index (κ3) is 7.31. The first-order chi connectivity index (χ1) is 19.1. The van der Waals surface area contributed by atoms with Gasteiger partial charge in [0, 0.05) is 17.0 Å². The number of hydrogen-bond acceptors (Lipinski definition) is 4. The van der Waals surface area contributed by atoms with Crippen LogP contribution < -0.4 is 10.2 Å². The van der Waals surface area contributed by atoms with Crippen molar-refractivity contribution in [1.29, 1.82) is 0 Å². The van der Waals surface area contributed by atoms with Crippen LogP contribution in [0.2, 0.25) is 0 Å². The van der Waals surface area contributed by atoms with E-state index in [0.717, 1.165) is 52.4 Å². The van der Waals surface area contributed by atoms with Crippen LogP contribution in [0, 0.1) is 6.92 Å². The molecule has 0 radical (unpaired) electrons. The highest BCUT2D eigenvalue weighted by Crippen LogP contribution is 2.43. The molecule has 1 aliphatic carbocycles. The number of thioether (sulfide) groups is 1. The topological polar surface area (TPSA) is 52.7 Å². The summed E-state index contributed by atoms with van der Waals surface area (Å²) in [6.07, 6.45) is 16.4. The van der Waals surface area contributed by atoms with Crippen molar-refractivity contribution < 1.29 is 9.59 Å². The molecule has 6 heteroatoms. The van der Waals surface area contributed by atoms with E-state index < -0.39 is 0 Å². The van der Waals surface area contributed by atoms with Gasteiger partial charge in [0.25, 0.3) is 11.8 Å². The number of aryl methyl sites for hydroxylation is 1. The van der Waals surface area contributed by atoms with Gasteiger partial charge in [-0.05, 0) is 94.1 Å². The summed E-state index contributed by atoms with van der Waals surface area (Å²) in [6, 6.07) is 14.0. The van der Waals surface area contributed by atoms with Gasteiger partial charge in [-0.2, -0.15) is 0 Å². The lowest BCUT2D eigenvalue weighted by Gasteiger charge is -2.31. The van der Waals surface area contributed by atoms with Crippen LogP contribution in [0.1, 0.15) is 66.4 Å². The van der Waals surface area contributed by atoms with Crippen molar-refractivity contribution in [3.63, 3.8) is 0 Å². The molecule has 2 aliphatic heterocycles. The van der Waals surface area contributed by atoms with Gasteiger partial charge in [0.2, 0.25) is 0 Å². The van der Waals surface area contributed by atoms with Gasteiger partial charge >= 0.3 is 0 Å².